The van der Waals surface area contributed by atoms with E-state index in [2.05, 4.69) is 10.3 Å². The Balaban J connectivity index is 1.91. The van der Waals surface area contributed by atoms with Gasteiger partial charge in [0, 0.05) is 5.56 Å². The fourth-order valence-corrected chi connectivity index (χ4v) is 3.57. The summed E-state index contributed by atoms with van der Waals surface area (Å²) in [5.74, 6) is -0.272. The molecule has 0 aliphatic carbocycles. The van der Waals surface area contributed by atoms with Gasteiger partial charge in [0.25, 0.3) is 5.91 Å². The molecule has 0 bridgehead atoms. The number of rotatable bonds is 3. The maximum Gasteiger partial charge on any atom is 0.267 e. The van der Waals surface area contributed by atoms with Crippen molar-refractivity contribution in [2.24, 2.45) is 0 Å². The second-order valence-electron chi connectivity index (χ2n) is 5.39. The van der Waals surface area contributed by atoms with Crippen LogP contribution in [-0.2, 0) is 0 Å². The minimum Gasteiger partial charge on any atom is -0.506 e. The van der Waals surface area contributed by atoms with Gasteiger partial charge < -0.3 is 10.4 Å². The van der Waals surface area contributed by atoms with E-state index in [9.17, 15) is 9.90 Å². The van der Waals surface area contributed by atoms with Gasteiger partial charge in [-0.2, -0.15) is 0 Å². The highest BCUT2D eigenvalue weighted by atomic mass is 35.5. The van der Waals surface area contributed by atoms with Crippen molar-refractivity contribution in [1.29, 1.82) is 0 Å². The van der Waals surface area contributed by atoms with Crippen LogP contribution in [0.2, 0.25) is 5.02 Å². The number of aromatic hydroxyl groups is 1. The van der Waals surface area contributed by atoms with Gasteiger partial charge in [-0.3, -0.25) is 4.79 Å². The first-order valence-corrected chi connectivity index (χ1v) is 8.48. The highest BCUT2D eigenvalue weighted by Crippen LogP contribution is 2.33. The van der Waals surface area contributed by atoms with E-state index in [-0.39, 0.29) is 11.7 Å². The Labute approximate surface area is 148 Å². The zero-order valence-corrected chi connectivity index (χ0v) is 14.7. The molecule has 122 valence electrons. The molecule has 0 aliphatic rings. The number of thiazole rings is 1. The molecule has 0 saturated heterocycles. The molecule has 0 atom stereocenters. The van der Waals surface area contributed by atoms with Crippen LogP contribution in [0.5, 0.6) is 5.75 Å². The highest BCUT2D eigenvalue weighted by molar-refractivity contribution is 7.17. The fraction of sp³-hybridized carbons (Fsp3) is 0.111. The van der Waals surface area contributed by atoms with E-state index in [1.54, 1.807) is 31.2 Å². The molecule has 0 fully saturated rings. The summed E-state index contributed by atoms with van der Waals surface area (Å²) in [5, 5.41) is 13.9. The van der Waals surface area contributed by atoms with Gasteiger partial charge in [-0.05, 0) is 37.6 Å². The molecule has 3 aromatic rings. The highest BCUT2D eigenvalue weighted by Gasteiger charge is 2.18. The van der Waals surface area contributed by atoms with Crippen LogP contribution in [0.4, 0.5) is 5.69 Å². The third-order valence-electron chi connectivity index (χ3n) is 3.51. The van der Waals surface area contributed by atoms with E-state index < -0.39 is 0 Å². The zero-order chi connectivity index (χ0) is 17.3. The van der Waals surface area contributed by atoms with Gasteiger partial charge >= 0.3 is 0 Å². The SMILES string of the molecule is Cc1ccc(O)c(NC(=O)c2sc(-c3ccccc3Cl)nc2C)c1. The topological polar surface area (TPSA) is 62.2 Å². The number of carbonyl (C=O) groups is 1. The van der Waals surface area contributed by atoms with Gasteiger partial charge in [0.1, 0.15) is 15.6 Å². The van der Waals surface area contributed by atoms with Crippen LogP contribution in [-0.4, -0.2) is 16.0 Å². The Bertz CT molecular complexity index is 921. The number of nitrogens with zero attached hydrogens (tertiary/aromatic N) is 1. The molecule has 0 spiro atoms. The van der Waals surface area contributed by atoms with Crippen LogP contribution in [0.1, 0.15) is 20.9 Å². The van der Waals surface area contributed by atoms with Gasteiger partial charge in [0.15, 0.2) is 0 Å². The molecule has 1 amide bonds. The molecule has 0 unspecified atom stereocenters. The standard InChI is InChI=1S/C18H15ClN2O2S/c1-10-7-8-15(22)14(9-10)21-17(23)16-11(2)20-18(24-16)12-5-3-4-6-13(12)19/h3-9,22H,1-2H3,(H,21,23). The van der Waals surface area contributed by atoms with E-state index in [0.29, 0.717) is 26.3 Å². The van der Waals surface area contributed by atoms with Crippen molar-refractivity contribution in [2.45, 2.75) is 13.8 Å². The van der Waals surface area contributed by atoms with Crippen LogP contribution in [0, 0.1) is 13.8 Å². The summed E-state index contributed by atoms with van der Waals surface area (Å²) >= 11 is 7.48. The summed E-state index contributed by atoms with van der Waals surface area (Å²) in [6, 6.07) is 12.4. The molecule has 6 heteroatoms. The average molecular weight is 359 g/mol. The Morgan fingerprint density at radius 3 is 2.71 bits per heavy atom. The third-order valence-corrected chi connectivity index (χ3v) is 5.03. The predicted octanol–water partition coefficient (Wildman–Crippen LogP) is 5.04. The van der Waals surface area contributed by atoms with Crippen molar-refractivity contribution in [3.8, 4) is 16.3 Å². The summed E-state index contributed by atoms with van der Waals surface area (Å²) in [6.45, 7) is 3.67. The number of hydrogen-bond acceptors (Lipinski definition) is 4. The van der Waals surface area contributed by atoms with Gasteiger partial charge in [-0.25, -0.2) is 4.98 Å². The van der Waals surface area contributed by atoms with Crippen LogP contribution < -0.4 is 5.32 Å². The molecular weight excluding hydrogens is 344 g/mol. The van der Waals surface area contributed by atoms with E-state index in [4.69, 9.17) is 11.6 Å². The number of halogens is 1. The summed E-state index contributed by atoms with van der Waals surface area (Å²) in [6.07, 6.45) is 0. The maximum atomic E-state index is 12.5. The van der Waals surface area contributed by atoms with Crippen LogP contribution in [0.25, 0.3) is 10.6 Å². The molecule has 0 saturated carbocycles. The van der Waals surface area contributed by atoms with E-state index >= 15 is 0 Å². The lowest BCUT2D eigenvalue weighted by Gasteiger charge is -2.07. The molecule has 24 heavy (non-hydrogen) atoms. The van der Waals surface area contributed by atoms with Crippen molar-refractivity contribution in [3.05, 3.63) is 63.6 Å². The Hall–Kier alpha value is -2.37. The lowest BCUT2D eigenvalue weighted by atomic mass is 10.2. The van der Waals surface area contributed by atoms with E-state index in [0.717, 1.165) is 11.1 Å². The lowest BCUT2D eigenvalue weighted by Crippen LogP contribution is -2.11. The fourth-order valence-electron chi connectivity index (χ4n) is 2.29. The molecule has 3 rings (SSSR count). The van der Waals surface area contributed by atoms with Gasteiger partial charge in [-0.1, -0.05) is 35.9 Å². The number of benzene rings is 2. The molecule has 0 radical (unpaired) electrons. The van der Waals surface area contributed by atoms with Crippen molar-refractivity contribution >= 4 is 34.5 Å². The molecule has 2 aromatic carbocycles. The lowest BCUT2D eigenvalue weighted by molar-refractivity contribution is 0.102. The van der Waals surface area contributed by atoms with Crippen molar-refractivity contribution in [1.82, 2.24) is 4.98 Å². The summed E-state index contributed by atoms with van der Waals surface area (Å²) in [4.78, 5) is 17.5. The largest absolute Gasteiger partial charge is 0.506 e. The first kappa shape index (κ1) is 16.5. The summed E-state index contributed by atoms with van der Waals surface area (Å²) < 4.78 is 0. The van der Waals surface area contributed by atoms with E-state index in [1.807, 2.05) is 25.1 Å². The monoisotopic (exact) mass is 358 g/mol. The first-order valence-electron chi connectivity index (χ1n) is 7.29. The number of anilines is 1. The second-order valence-corrected chi connectivity index (χ2v) is 6.79. The minimum absolute atomic E-state index is 0.0300. The molecular formula is C18H15ClN2O2S. The van der Waals surface area contributed by atoms with Crippen molar-refractivity contribution < 1.29 is 9.90 Å². The van der Waals surface area contributed by atoms with Crippen LogP contribution in [0.3, 0.4) is 0 Å². The number of nitrogens with one attached hydrogen (secondary N) is 1. The number of aryl methyl sites for hydroxylation is 2. The van der Waals surface area contributed by atoms with Crippen molar-refractivity contribution in [3.63, 3.8) is 0 Å². The van der Waals surface area contributed by atoms with Crippen LogP contribution in [0.15, 0.2) is 42.5 Å². The molecule has 4 nitrogen and oxygen atoms in total. The quantitative estimate of drug-likeness (QED) is 0.645. The first-order chi connectivity index (χ1) is 11.5. The Morgan fingerprint density at radius 1 is 1.21 bits per heavy atom. The molecule has 1 heterocycles. The third kappa shape index (κ3) is 3.27. The predicted molar refractivity (Wildman–Crippen MR) is 98.1 cm³/mol. The minimum atomic E-state index is -0.302. The van der Waals surface area contributed by atoms with Gasteiger partial charge in [0.2, 0.25) is 0 Å². The smallest absolute Gasteiger partial charge is 0.267 e. The molecule has 1 aromatic heterocycles. The normalized spacial score (nSPS) is 10.6. The number of phenols is 1. The number of amides is 1. The number of aromatic nitrogens is 1. The summed E-state index contributed by atoms with van der Waals surface area (Å²) in [7, 11) is 0. The second kappa shape index (κ2) is 6.63. The van der Waals surface area contributed by atoms with Gasteiger partial charge in [0.05, 0.1) is 16.4 Å². The van der Waals surface area contributed by atoms with Crippen LogP contribution >= 0.6 is 22.9 Å². The Kier molecular flexibility index (Phi) is 4.55. The number of carbonyl (C=O) groups excluding carboxylic acids is 1. The number of hydrogen-bond donors (Lipinski definition) is 2. The Morgan fingerprint density at radius 2 is 1.96 bits per heavy atom. The van der Waals surface area contributed by atoms with Gasteiger partial charge in [-0.15, -0.1) is 11.3 Å². The zero-order valence-electron chi connectivity index (χ0n) is 13.1. The summed E-state index contributed by atoms with van der Waals surface area (Å²) in [5.41, 5.74) is 2.75. The molecule has 0 aliphatic heterocycles. The maximum absolute atomic E-state index is 12.5. The average Bonchev–Trinajstić information content (AvgIpc) is 2.93. The van der Waals surface area contributed by atoms with E-state index in [1.165, 1.54) is 11.3 Å². The molecule has 2 N–H and O–H groups in total. The van der Waals surface area contributed by atoms with Crippen molar-refractivity contribution in [2.75, 3.05) is 5.32 Å². The number of phenolic OH excluding ortho intramolecular Hbond substituents is 1.